The van der Waals surface area contributed by atoms with Gasteiger partial charge in [-0.1, -0.05) is 18.7 Å². The van der Waals surface area contributed by atoms with Crippen molar-refractivity contribution in [3.63, 3.8) is 0 Å². The highest BCUT2D eigenvalue weighted by atomic mass is 19.1. The van der Waals surface area contributed by atoms with Crippen molar-refractivity contribution < 1.29 is 14.4 Å². The first kappa shape index (κ1) is 8.97. The fourth-order valence-corrected chi connectivity index (χ4v) is 0.837. The maximum Gasteiger partial charge on any atom is 0.488 e. The summed E-state index contributed by atoms with van der Waals surface area (Å²) in [6.45, 7) is 3.40. The zero-order valence-electron chi connectivity index (χ0n) is 6.37. The number of benzene rings is 1. The Morgan fingerprint density at radius 1 is 1.42 bits per heavy atom. The highest BCUT2D eigenvalue weighted by Crippen LogP contribution is 2.13. The zero-order chi connectivity index (χ0) is 9.14. The Hall–Kier alpha value is -1.13. The van der Waals surface area contributed by atoms with Crippen LogP contribution in [-0.4, -0.2) is 17.2 Å². The molecule has 2 N–H and O–H groups in total. The average molecular weight is 166 g/mol. The fourth-order valence-electron chi connectivity index (χ4n) is 0.837. The zero-order valence-corrected chi connectivity index (χ0v) is 6.37. The van der Waals surface area contributed by atoms with E-state index in [0.717, 1.165) is 0 Å². The van der Waals surface area contributed by atoms with Crippen molar-refractivity contribution in [2.45, 2.75) is 0 Å². The second-order valence-electron chi connectivity index (χ2n) is 2.41. The van der Waals surface area contributed by atoms with E-state index in [2.05, 4.69) is 6.58 Å². The van der Waals surface area contributed by atoms with Gasteiger partial charge in [0, 0.05) is 0 Å². The number of hydrogen-bond acceptors (Lipinski definition) is 2. The van der Waals surface area contributed by atoms with Crippen LogP contribution in [0.4, 0.5) is 4.39 Å². The normalized spacial score (nSPS) is 9.58. The highest BCUT2D eigenvalue weighted by Gasteiger charge is 2.13. The molecule has 0 fully saturated rings. The molecule has 1 aromatic carbocycles. The van der Waals surface area contributed by atoms with E-state index in [1.54, 1.807) is 6.07 Å². The lowest BCUT2D eigenvalue weighted by Gasteiger charge is -2.03. The van der Waals surface area contributed by atoms with E-state index in [-0.39, 0.29) is 5.47 Å². The van der Waals surface area contributed by atoms with Gasteiger partial charge in [-0.05, 0) is 23.2 Å². The van der Waals surface area contributed by atoms with Crippen LogP contribution >= 0.6 is 0 Å². The lowest BCUT2D eigenvalue weighted by Crippen LogP contribution is -2.13. The van der Waals surface area contributed by atoms with Gasteiger partial charge in [-0.25, -0.2) is 4.39 Å². The Kier molecular flexibility index (Phi) is 2.63. The third-order valence-electron chi connectivity index (χ3n) is 1.51. The van der Waals surface area contributed by atoms with Gasteiger partial charge in [0.1, 0.15) is 5.82 Å². The van der Waals surface area contributed by atoms with Gasteiger partial charge < -0.3 is 10.0 Å². The molecule has 4 heteroatoms. The molecule has 0 aliphatic heterocycles. The summed E-state index contributed by atoms with van der Waals surface area (Å²) in [7, 11) is -1.63. The maximum absolute atomic E-state index is 12.6. The van der Waals surface area contributed by atoms with Crippen LogP contribution in [0.2, 0.25) is 0 Å². The molecular formula is C8H8BFO2. The van der Waals surface area contributed by atoms with Crippen LogP contribution < -0.4 is 0 Å². The van der Waals surface area contributed by atoms with Crippen molar-refractivity contribution in [3.05, 3.63) is 42.2 Å². The Labute approximate surface area is 70.1 Å². The first-order valence-corrected chi connectivity index (χ1v) is 3.42. The molecule has 12 heavy (non-hydrogen) atoms. The predicted octanol–water partition coefficient (Wildman–Crippen LogP) is 0.851. The van der Waals surface area contributed by atoms with Crippen molar-refractivity contribution in [1.82, 2.24) is 0 Å². The van der Waals surface area contributed by atoms with Crippen molar-refractivity contribution in [1.29, 1.82) is 0 Å². The summed E-state index contributed by atoms with van der Waals surface area (Å²) in [6.07, 6.45) is 0. The van der Waals surface area contributed by atoms with E-state index in [0.29, 0.717) is 5.56 Å². The lowest BCUT2D eigenvalue weighted by molar-refractivity contribution is 0.427. The smallest absolute Gasteiger partial charge is 0.423 e. The van der Waals surface area contributed by atoms with Gasteiger partial charge in [0.25, 0.3) is 0 Å². The first-order chi connectivity index (χ1) is 5.61. The highest BCUT2D eigenvalue weighted by molar-refractivity contribution is 6.65. The summed E-state index contributed by atoms with van der Waals surface area (Å²) in [5, 5.41) is 17.4. The van der Waals surface area contributed by atoms with Gasteiger partial charge >= 0.3 is 7.12 Å². The van der Waals surface area contributed by atoms with E-state index < -0.39 is 12.9 Å². The maximum atomic E-state index is 12.6. The molecular weight excluding hydrogens is 158 g/mol. The molecule has 0 radical (unpaired) electrons. The molecule has 0 amide bonds. The number of hydrogen-bond donors (Lipinski definition) is 2. The summed E-state index contributed by atoms with van der Waals surface area (Å²) in [5.41, 5.74) is 0.486. The van der Waals surface area contributed by atoms with E-state index in [1.165, 1.54) is 18.2 Å². The Bertz CT molecular complexity index is 299. The second kappa shape index (κ2) is 3.52. The van der Waals surface area contributed by atoms with Gasteiger partial charge in [0.15, 0.2) is 0 Å². The molecule has 0 unspecified atom stereocenters. The minimum Gasteiger partial charge on any atom is -0.423 e. The molecule has 0 atom stereocenters. The summed E-state index contributed by atoms with van der Waals surface area (Å²) in [6, 6.07) is 5.52. The molecule has 0 spiro atoms. The summed E-state index contributed by atoms with van der Waals surface area (Å²) in [5.74, 6) is -0.422. The number of rotatable bonds is 2. The standard InChI is InChI=1S/C8H8BFO2/c1-6(9(11)12)7-3-2-4-8(10)5-7/h2-5,11-12H,1H2. The Balaban J connectivity index is 2.96. The Morgan fingerprint density at radius 3 is 2.58 bits per heavy atom. The minimum absolute atomic E-state index is 0.0921. The molecule has 0 heterocycles. The van der Waals surface area contributed by atoms with Gasteiger partial charge in [-0.3, -0.25) is 0 Å². The summed E-state index contributed by atoms with van der Waals surface area (Å²) < 4.78 is 12.6. The van der Waals surface area contributed by atoms with Crippen LogP contribution in [-0.2, 0) is 0 Å². The summed E-state index contributed by atoms with van der Waals surface area (Å²) in [4.78, 5) is 0. The van der Waals surface area contributed by atoms with Crippen molar-refractivity contribution in [2.24, 2.45) is 0 Å². The first-order valence-electron chi connectivity index (χ1n) is 3.42. The van der Waals surface area contributed by atoms with Crippen molar-refractivity contribution in [2.75, 3.05) is 0 Å². The van der Waals surface area contributed by atoms with E-state index in [4.69, 9.17) is 10.0 Å². The van der Waals surface area contributed by atoms with Crippen LogP contribution in [0.5, 0.6) is 0 Å². The lowest BCUT2D eigenvalue weighted by atomic mass is 9.76. The van der Waals surface area contributed by atoms with Crippen LogP contribution in [0.15, 0.2) is 30.8 Å². The molecule has 0 aliphatic carbocycles. The largest absolute Gasteiger partial charge is 0.488 e. The quantitative estimate of drug-likeness (QED) is 0.639. The molecule has 0 aliphatic rings. The van der Waals surface area contributed by atoms with Gasteiger partial charge in [-0.15, -0.1) is 0 Å². The van der Waals surface area contributed by atoms with Gasteiger partial charge in [-0.2, -0.15) is 0 Å². The average Bonchev–Trinajstić information content (AvgIpc) is 2.03. The fraction of sp³-hybridized carbons (Fsp3) is 0. The van der Waals surface area contributed by atoms with Crippen LogP contribution in [0.1, 0.15) is 5.56 Å². The van der Waals surface area contributed by atoms with Crippen LogP contribution in [0, 0.1) is 5.82 Å². The molecule has 0 bridgehead atoms. The van der Waals surface area contributed by atoms with Crippen molar-refractivity contribution in [3.8, 4) is 0 Å². The minimum atomic E-state index is -1.63. The van der Waals surface area contributed by atoms with E-state index in [1.807, 2.05) is 0 Å². The monoisotopic (exact) mass is 166 g/mol. The number of halogens is 1. The predicted molar refractivity (Wildman–Crippen MR) is 45.6 cm³/mol. The molecule has 1 rings (SSSR count). The molecule has 0 saturated carbocycles. The topological polar surface area (TPSA) is 40.5 Å². The van der Waals surface area contributed by atoms with E-state index >= 15 is 0 Å². The SMILES string of the molecule is C=C(B(O)O)c1cccc(F)c1. The molecule has 62 valence electrons. The van der Waals surface area contributed by atoms with Crippen LogP contribution in [0.25, 0.3) is 5.47 Å². The molecule has 0 saturated heterocycles. The third kappa shape index (κ3) is 1.93. The Morgan fingerprint density at radius 2 is 2.08 bits per heavy atom. The van der Waals surface area contributed by atoms with Crippen LogP contribution in [0.3, 0.4) is 0 Å². The molecule has 1 aromatic rings. The van der Waals surface area contributed by atoms with Crippen molar-refractivity contribution >= 4 is 12.6 Å². The van der Waals surface area contributed by atoms with E-state index in [9.17, 15) is 4.39 Å². The third-order valence-corrected chi connectivity index (χ3v) is 1.51. The second-order valence-corrected chi connectivity index (χ2v) is 2.41. The molecule has 0 aromatic heterocycles. The summed E-state index contributed by atoms with van der Waals surface area (Å²) >= 11 is 0. The van der Waals surface area contributed by atoms with Gasteiger partial charge in [0.2, 0.25) is 0 Å². The van der Waals surface area contributed by atoms with Gasteiger partial charge in [0.05, 0.1) is 0 Å². The molecule has 2 nitrogen and oxygen atoms in total.